The minimum absolute atomic E-state index is 0.226. The molecular formula is C21H22ClN2O2RuS. The Morgan fingerprint density at radius 2 is 1.29 bits per heavy atom. The first kappa shape index (κ1) is 22.7. The van der Waals surface area contributed by atoms with Crippen molar-refractivity contribution in [2.75, 3.05) is 0 Å². The number of aryl methyl sites for hydroxylation is 1. The monoisotopic (exact) mass is 503 g/mol. The van der Waals surface area contributed by atoms with Gasteiger partial charge in [0.1, 0.15) is 0 Å². The van der Waals surface area contributed by atoms with Gasteiger partial charge in [0.2, 0.25) is 10.0 Å². The molecule has 0 amide bonds. The zero-order valence-corrected chi connectivity index (χ0v) is 18.6. The summed E-state index contributed by atoms with van der Waals surface area (Å²) in [6, 6.07) is 24.6. The molecule has 0 saturated heterocycles. The summed E-state index contributed by atoms with van der Waals surface area (Å²) in [4.78, 5) is 0.226. The Labute approximate surface area is 180 Å². The third kappa shape index (κ3) is 5.97. The van der Waals surface area contributed by atoms with Crippen molar-refractivity contribution >= 4 is 19.7 Å². The van der Waals surface area contributed by atoms with Gasteiger partial charge in [0.15, 0.2) is 0 Å². The maximum absolute atomic E-state index is 12.9. The molecule has 3 rings (SSSR count). The second kappa shape index (κ2) is 10.8. The Morgan fingerprint density at radius 1 is 0.821 bits per heavy atom. The summed E-state index contributed by atoms with van der Waals surface area (Å²) < 4.78 is 28.6. The molecule has 0 fully saturated rings. The van der Waals surface area contributed by atoms with Crippen LogP contribution >= 0.6 is 9.69 Å². The predicted molar refractivity (Wildman–Crippen MR) is 110 cm³/mol. The molecule has 0 aliphatic carbocycles. The van der Waals surface area contributed by atoms with E-state index in [2.05, 4.69) is 14.4 Å². The van der Waals surface area contributed by atoms with Crippen LogP contribution in [0.15, 0.2) is 89.8 Å². The maximum atomic E-state index is 12.9. The van der Waals surface area contributed by atoms with E-state index in [4.69, 9.17) is 5.73 Å². The van der Waals surface area contributed by atoms with Crippen LogP contribution in [0.25, 0.3) is 0 Å². The normalized spacial score (nSPS) is 13.1. The molecule has 0 heterocycles. The zero-order chi connectivity index (χ0) is 20.6. The molecule has 0 radical (unpaired) electrons. The summed E-state index contributed by atoms with van der Waals surface area (Å²) in [5.74, 6) is 0. The van der Waals surface area contributed by atoms with Crippen LogP contribution in [0.4, 0.5) is 0 Å². The van der Waals surface area contributed by atoms with E-state index in [1.807, 2.05) is 84.9 Å². The number of benzene rings is 3. The number of hydrogen-bond donors (Lipinski definition) is 2. The van der Waals surface area contributed by atoms with Gasteiger partial charge in [-0.25, -0.2) is 13.1 Å². The Bertz CT molecular complexity index is 953. The summed E-state index contributed by atoms with van der Waals surface area (Å²) in [6.07, 6.45) is 0. The van der Waals surface area contributed by atoms with E-state index in [0.717, 1.165) is 16.7 Å². The van der Waals surface area contributed by atoms with Gasteiger partial charge in [-0.2, -0.15) is 0 Å². The topological polar surface area (TPSA) is 72.2 Å². The molecule has 3 N–H and O–H groups in total. The molecule has 2 atom stereocenters. The van der Waals surface area contributed by atoms with E-state index in [1.165, 1.54) is 0 Å². The van der Waals surface area contributed by atoms with Gasteiger partial charge < -0.3 is 5.73 Å². The van der Waals surface area contributed by atoms with Gasteiger partial charge in [-0.1, -0.05) is 78.4 Å². The van der Waals surface area contributed by atoms with Crippen LogP contribution in [0.1, 0.15) is 28.8 Å². The molecule has 0 aliphatic rings. The van der Waals surface area contributed by atoms with Gasteiger partial charge in [0.25, 0.3) is 0 Å². The molecule has 2 unspecified atom stereocenters. The van der Waals surface area contributed by atoms with Gasteiger partial charge in [-0.15, -0.1) is 0 Å². The molecule has 0 aromatic heterocycles. The molecule has 3 aromatic rings. The van der Waals surface area contributed by atoms with Crippen LogP contribution in [0.3, 0.4) is 0 Å². The number of rotatable bonds is 6. The average Bonchev–Trinajstić information content (AvgIpc) is 2.74. The summed E-state index contributed by atoms with van der Waals surface area (Å²) in [5.41, 5.74) is 9.15. The van der Waals surface area contributed by atoms with E-state index >= 15 is 0 Å². The Balaban J connectivity index is 0.00000136. The van der Waals surface area contributed by atoms with Crippen molar-refractivity contribution in [3.63, 3.8) is 0 Å². The van der Waals surface area contributed by atoms with Gasteiger partial charge >= 0.3 is 27.0 Å². The van der Waals surface area contributed by atoms with E-state index in [-0.39, 0.29) is 4.90 Å². The van der Waals surface area contributed by atoms with Crippen molar-refractivity contribution in [1.29, 1.82) is 0 Å². The minimum atomic E-state index is -3.71. The van der Waals surface area contributed by atoms with Crippen LogP contribution in [0.2, 0.25) is 0 Å². The van der Waals surface area contributed by atoms with Crippen molar-refractivity contribution in [2.24, 2.45) is 5.73 Å². The van der Waals surface area contributed by atoms with Crippen LogP contribution in [0, 0.1) is 6.92 Å². The summed E-state index contributed by atoms with van der Waals surface area (Å²) in [7, 11) is 0.861. The summed E-state index contributed by atoms with van der Waals surface area (Å²) in [5, 5.41) is 0. The number of nitrogens with two attached hydrogens (primary N) is 1. The standard InChI is InChI=1S/C21H22N2O2S.ClH.Ru/c1-16-12-14-19(15-13-16)26(24,25)23-21(18-10-6-3-7-11-18)20(22)17-8-4-2-5-9-17;;/h2-15,20-21,23H,22H2,1H3;1H;/q;;+1/p-1. The van der Waals surface area contributed by atoms with Crippen molar-refractivity contribution in [3.05, 3.63) is 102 Å². The first-order valence-corrected chi connectivity index (χ1v) is 12.3. The Hall–Kier alpha value is -1.56. The molecule has 149 valence electrons. The molecule has 28 heavy (non-hydrogen) atoms. The molecule has 0 spiro atoms. The fourth-order valence-electron chi connectivity index (χ4n) is 2.83. The van der Waals surface area contributed by atoms with Gasteiger partial charge in [0, 0.05) is 0 Å². The van der Waals surface area contributed by atoms with Crippen molar-refractivity contribution in [2.45, 2.75) is 23.9 Å². The number of halogens is 1. The number of sulfonamides is 1. The van der Waals surface area contributed by atoms with E-state index < -0.39 is 22.1 Å². The first-order valence-electron chi connectivity index (χ1n) is 8.55. The van der Waals surface area contributed by atoms with Crippen molar-refractivity contribution in [3.8, 4) is 0 Å². The SMILES string of the molecule is Cc1ccc(S(=O)(=O)NC(c2ccccc2)C(N)c2ccccc2)cc1.[Cl][Ru]. The Morgan fingerprint density at radius 3 is 1.79 bits per heavy atom. The van der Waals surface area contributed by atoms with Crippen LogP contribution in [0.5, 0.6) is 0 Å². The molecule has 0 saturated carbocycles. The van der Waals surface area contributed by atoms with Crippen LogP contribution in [-0.4, -0.2) is 8.42 Å². The van der Waals surface area contributed by atoms with Gasteiger partial charge in [-0.05, 0) is 30.2 Å². The molecule has 0 aliphatic heterocycles. The van der Waals surface area contributed by atoms with E-state index in [9.17, 15) is 8.42 Å². The summed E-state index contributed by atoms with van der Waals surface area (Å²) in [6.45, 7) is 1.92. The Kier molecular flexibility index (Phi) is 8.80. The van der Waals surface area contributed by atoms with E-state index in [0.29, 0.717) is 0 Å². The molecule has 0 bridgehead atoms. The number of nitrogens with one attached hydrogen (secondary N) is 1. The fraction of sp³-hybridized carbons (Fsp3) is 0.143. The molecule has 4 nitrogen and oxygen atoms in total. The van der Waals surface area contributed by atoms with Crippen LogP contribution in [-0.2, 0) is 27.3 Å². The van der Waals surface area contributed by atoms with Gasteiger partial charge in [0.05, 0.1) is 17.0 Å². The molecule has 3 aromatic carbocycles. The van der Waals surface area contributed by atoms with Crippen molar-refractivity contribution in [1.82, 2.24) is 4.72 Å². The fourth-order valence-corrected chi connectivity index (χ4v) is 4.08. The molecular weight excluding hydrogens is 481 g/mol. The zero-order valence-electron chi connectivity index (χ0n) is 15.3. The average molecular weight is 503 g/mol. The van der Waals surface area contributed by atoms with Gasteiger partial charge in [-0.3, -0.25) is 0 Å². The molecule has 7 heteroatoms. The van der Waals surface area contributed by atoms with Crippen molar-refractivity contribution < 1.29 is 25.7 Å². The summed E-state index contributed by atoms with van der Waals surface area (Å²) >= 11 is 1.82. The second-order valence-corrected chi connectivity index (χ2v) is 7.97. The predicted octanol–water partition coefficient (Wildman–Crippen LogP) is 4.40. The van der Waals surface area contributed by atoms with E-state index in [1.54, 1.807) is 24.3 Å². The quantitative estimate of drug-likeness (QED) is 0.491. The first-order chi connectivity index (χ1) is 13.5. The third-order valence-electron chi connectivity index (χ3n) is 4.32. The third-order valence-corrected chi connectivity index (χ3v) is 5.77. The second-order valence-electron chi connectivity index (χ2n) is 6.26. The number of hydrogen-bond acceptors (Lipinski definition) is 3. The van der Waals surface area contributed by atoms with Crippen LogP contribution < -0.4 is 10.5 Å².